The zero-order chi connectivity index (χ0) is 16.6. The lowest BCUT2D eigenvalue weighted by molar-refractivity contribution is -0.135. The summed E-state index contributed by atoms with van der Waals surface area (Å²) in [5.41, 5.74) is 2.20. The van der Waals surface area contributed by atoms with E-state index >= 15 is 0 Å². The first-order chi connectivity index (χ1) is 10.4. The van der Waals surface area contributed by atoms with Crippen LogP contribution in [0.5, 0.6) is 0 Å². The lowest BCUT2D eigenvalue weighted by atomic mass is 10.1. The van der Waals surface area contributed by atoms with E-state index in [1.807, 2.05) is 31.2 Å². The minimum absolute atomic E-state index is 0.116. The van der Waals surface area contributed by atoms with Crippen LogP contribution >= 0.6 is 7.60 Å². The third kappa shape index (κ3) is 5.76. The molecule has 0 aromatic heterocycles. The summed E-state index contributed by atoms with van der Waals surface area (Å²) in [4.78, 5) is 11.9. The summed E-state index contributed by atoms with van der Waals surface area (Å²) in [7, 11) is -2.07. The molecule has 1 aromatic carbocycles. The molecule has 0 heterocycles. The molecule has 1 aromatic rings. The highest BCUT2D eigenvalue weighted by atomic mass is 31.2. The quantitative estimate of drug-likeness (QED) is 0.413. The molecule has 0 amide bonds. The van der Waals surface area contributed by atoms with Crippen LogP contribution in [0, 0.1) is 6.92 Å². The van der Waals surface area contributed by atoms with Crippen molar-refractivity contribution in [3.63, 3.8) is 0 Å². The molecule has 0 N–H and O–H groups in total. The molecule has 0 radical (unpaired) electrons. The standard InChI is InChI=1S/C16H23O5P/c1-5-20-22(18,21-6-2)12-15(16(17)19-4)11-14-9-7-13(3)8-10-14/h7-11H,5-6,12H2,1-4H3/b15-11+. The summed E-state index contributed by atoms with van der Waals surface area (Å²) in [6.45, 7) is 5.93. The summed E-state index contributed by atoms with van der Waals surface area (Å²) >= 11 is 0. The van der Waals surface area contributed by atoms with Gasteiger partial charge in [0.25, 0.3) is 0 Å². The summed E-state index contributed by atoms with van der Waals surface area (Å²) in [5, 5.41) is 0. The number of rotatable bonds is 8. The molecule has 0 bridgehead atoms. The van der Waals surface area contributed by atoms with E-state index in [1.54, 1.807) is 19.9 Å². The molecule has 0 fully saturated rings. The van der Waals surface area contributed by atoms with Gasteiger partial charge in [-0.3, -0.25) is 4.57 Å². The first-order valence-corrected chi connectivity index (χ1v) is 8.90. The monoisotopic (exact) mass is 326 g/mol. The lowest BCUT2D eigenvalue weighted by Crippen LogP contribution is -2.11. The Morgan fingerprint density at radius 1 is 1.14 bits per heavy atom. The van der Waals surface area contributed by atoms with Crippen molar-refractivity contribution < 1.29 is 23.1 Å². The second-order valence-corrected chi connectivity index (χ2v) is 6.73. The van der Waals surface area contributed by atoms with Gasteiger partial charge in [0.2, 0.25) is 0 Å². The fourth-order valence-corrected chi connectivity index (χ4v) is 3.58. The molecular formula is C16H23O5P. The van der Waals surface area contributed by atoms with Crippen molar-refractivity contribution in [2.75, 3.05) is 26.5 Å². The van der Waals surface area contributed by atoms with Crippen LogP contribution in [0.15, 0.2) is 29.8 Å². The maximum absolute atomic E-state index is 12.6. The highest BCUT2D eigenvalue weighted by Crippen LogP contribution is 2.49. The normalized spacial score (nSPS) is 12.3. The Morgan fingerprint density at radius 2 is 1.68 bits per heavy atom. The zero-order valence-corrected chi connectivity index (χ0v) is 14.4. The minimum Gasteiger partial charge on any atom is -0.466 e. The Balaban J connectivity index is 3.09. The van der Waals surface area contributed by atoms with Gasteiger partial charge in [0.15, 0.2) is 0 Å². The fourth-order valence-electron chi connectivity index (χ4n) is 1.89. The molecule has 0 aliphatic heterocycles. The van der Waals surface area contributed by atoms with Gasteiger partial charge < -0.3 is 13.8 Å². The molecule has 1 rings (SSSR count). The minimum atomic E-state index is -3.36. The third-order valence-corrected chi connectivity index (χ3v) is 4.91. The van der Waals surface area contributed by atoms with Crippen LogP contribution in [-0.2, 0) is 23.1 Å². The number of esters is 1. The Bertz CT molecular complexity index is 552. The Hall–Kier alpha value is -1.42. The molecule has 0 unspecified atom stereocenters. The highest BCUT2D eigenvalue weighted by molar-refractivity contribution is 7.54. The second-order valence-electron chi connectivity index (χ2n) is 4.68. The van der Waals surface area contributed by atoms with E-state index in [4.69, 9.17) is 13.8 Å². The lowest BCUT2D eigenvalue weighted by Gasteiger charge is -2.17. The fraction of sp³-hybridized carbons (Fsp3) is 0.438. The van der Waals surface area contributed by atoms with Crippen LogP contribution < -0.4 is 0 Å². The van der Waals surface area contributed by atoms with Crippen LogP contribution in [0.2, 0.25) is 0 Å². The van der Waals surface area contributed by atoms with Gasteiger partial charge in [-0.1, -0.05) is 29.8 Å². The van der Waals surface area contributed by atoms with Gasteiger partial charge >= 0.3 is 13.6 Å². The average molecular weight is 326 g/mol. The van der Waals surface area contributed by atoms with Crippen molar-refractivity contribution in [2.45, 2.75) is 20.8 Å². The Kier molecular flexibility index (Phi) is 7.52. The molecule has 0 saturated carbocycles. The molecule has 22 heavy (non-hydrogen) atoms. The third-order valence-electron chi connectivity index (χ3n) is 2.88. The van der Waals surface area contributed by atoms with Crippen LogP contribution in [0.4, 0.5) is 0 Å². The molecule has 0 saturated heterocycles. The number of carbonyl (C=O) groups is 1. The molecule has 122 valence electrons. The van der Waals surface area contributed by atoms with Crippen molar-refractivity contribution in [3.05, 3.63) is 41.0 Å². The van der Waals surface area contributed by atoms with E-state index in [0.29, 0.717) is 0 Å². The average Bonchev–Trinajstić information content (AvgIpc) is 2.48. The van der Waals surface area contributed by atoms with Gasteiger partial charge in [-0.15, -0.1) is 0 Å². The van der Waals surface area contributed by atoms with E-state index in [9.17, 15) is 9.36 Å². The van der Waals surface area contributed by atoms with E-state index < -0.39 is 13.6 Å². The highest BCUT2D eigenvalue weighted by Gasteiger charge is 2.28. The SMILES string of the molecule is CCOP(=O)(C/C(=C\c1ccc(C)cc1)C(=O)OC)OCC. The molecular weight excluding hydrogens is 303 g/mol. The molecule has 6 heteroatoms. The maximum Gasteiger partial charge on any atom is 0.335 e. The van der Waals surface area contributed by atoms with Crippen molar-refractivity contribution in [1.82, 2.24) is 0 Å². The van der Waals surface area contributed by atoms with Gasteiger partial charge in [0.1, 0.15) is 0 Å². The van der Waals surface area contributed by atoms with Crippen molar-refractivity contribution in [3.8, 4) is 0 Å². The number of carbonyl (C=O) groups excluding carboxylic acids is 1. The summed E-state index contributed by atoms with van der Waals surface area (Å²) < 4.78 is 27.8. The largest absolute Gasteiger partial charge is 0.466 e. The number of methoxy groups -OCH3 is 1. The summed E-state index contributed by atoms with van der Waals surface area (Å²) in [5.74, 6) is -0.541. The summed E-state index contributed by atoms with van der Waals surface area (Å²) in [6.07, 6.45) is 1.53. The van der Waals surface area contributed by atoms with Crippen LogP contribution in [0.3, 0.4) is 0 Å². The van der Waals surface area contributed by atoms with Crippen molar-refractivity contribution in [2.24, 2.45) is 0 Å². The van der Waals surface area contributed by atoms with Crippen LogP contribution in [0.1, 0.15) is 25.0 Å². The van der Waals surface area contributed by atoms with E-state index in [1.165, 1.54) is 7.11 Å². The van der Waals surface area contributed by atoms with Crippen LogP contribution in [0.25, 0.3) is 6.08 Å². The second kappa shape index (κ2) is 8.89. The maximum atomic E-state index is 12.6. The Labute approximate surface area is 131 Å². The predicted molar refractivity (Wildman–Crippen MR) is 86.9 cm³/mol. The zero-order valence-electron chi connectivity index (χ0n) is 13.5. The van der Waals surface area contributed by atoms with Gasteiger partial charge in [0.05, 0.1) is 26.5 Å². The molecule has 0 spiro atoms. The van der Waals surface area contributed by atoms with Gasteiger partial charge in [-0.2, -0.15) is 0 Å². The number of aryl methyl sites for hydroxylation is 1. The van der Waals surface area contributed by atoms with Crippen molar-refractivity contribution >= 4 is 19.6 Å². The molecule has 5 nitrogen and oxygen atoms in total. The Morgan fingerprint density at radius 3 is 2.14 bits per heavy atom. The smallest absolute Gasteiger partial charge is 0.335 e. The molecule has 0 atom stereocenters. The summed E-state index contributed by atoms with van der Waals surface area (Å²) in [6, 6.07) is 7.63. The first kappa shape index (κ1) is 18.6. The van der Waals surface area contributed by atoms with Crippen molar-refractivity contribution in [1.29, 1.82) is 0 Å². The van der Waals surface area contributed by atoms with Gasteiger partial charge in [0, 0.05) is 5.57 Å². The molecule has 0 aliphatic rings. The van der Waals surface area contributed by atoms with Gasteiger partial charge in [-0.25, -0.2) is 4.79 Å². The van der Waals surface area contributed by atoms with E-state index in [-0.39, 0.29) is 24.9 Å². The van der Waals surface area contributed by atoms with E-state index in [2.05, 4.69) is 0 Å². The van der Waals surface area contributed by atoms with Gasteiger partial charge in [-0.05, 0) is 32.4 Å². The number of benzene rings is 1. The number of hydrogen-bond acceptors (Lipinski definition) is 5. The number of hydrogen-bond donors (Lipinski definition) is 0. The first-order valence-electron chi connectivity index (χ1n) is 7.17. The predicted octanol–water partition coefficient (Wildman–Crippen LogP) is 3.82. The topological polar surface area (TPSA) is 61.8 Å². The van der Waals surface area contributed by atoms with E-state index in [0.717, 1.165) is 11.1 Å². The van der Waals surface area contributed by atoms with Crippen LogP contribution in [-0.4, -0.2) is 32.5 Å². The molecule has 0 aliphatic carbocycles. The number of ether oxygens (including phenoxy) is 1.